The Morgan fingerprint density at radius 2 is 2.03 bits per heavy atom. The van der Waals surface area contributed by atoms with Crippen molar-refractivity contribution < 1.29 is 14.4 Å². The third-order valence-corrected chi connectivity index (χ3v) is 6.78. The van der Waals surface area contributed by atoms with Crippen LogP contribution in [-0.4, -0.2) is 35.7 Å². The van der Waals surface area contributed by atoms with Crippen LogP contribution in [0.15, 0.2) is 29.6 Å². The van der Waals surface area contributed by atoms with Crippen LogP contribution < -0.4 is 10.6 Å². The summed E-state index contributed by atoms with van der Waals surface area (Å²) in [5, 5.41) is 7.88. The summed E-state index contributed by atoms with van der Waals surface area (Å²) in [7, 11) is 0. The number of nitrogens with one attached hydrogen (secondary N) is 2. The highest BCUT2D eigenvalue weighted by Crippen LogP contribution is 2.29. The lowest BCUT2D eigenvalue weighted by molar-refractivity contribution is -0.122. The van der Waals surface area contributed by atoms with Crippen molar-refractivity contribution >= 4 is 34.7 Å². The molecule has 2 N–H and O–H groups in total. The van der Waals surface area contributed by atoms with Crippen LogP contribution in [0.3, 0.4) is 0 Å². The van der Waals surface area contributed by atoms with Gasteiger partial charge < -0.3 is 15.5 Å². The van der Waals surface area contributed by atoms with Crippen molar-refractivity contribution in [3.05, 3.63) is 51.2 Å². The zero-order valence-electron chi connectivity index (χ0n) is 17.2. The lowest BCUT2D eigenvalue weighted by atomic mass is 10.0. The summed E-state index contributed by atoms with van der Waals surface area (Å²) >= 11 is 1.75. The van der Waals surface area contributed by atoms with Gasteiger partial charge in [-0.05, 0) is 67.3 Å². The number of nitrogens with zero attached hydrogens (tertiary/aromatic N) is 1. The molecule has 2 heterocycles. The van der Waals surface area contributed by atoms with Gasteiger partial charge >= 0.3 is 0 Å². The van der Waals surface area contributed by atoms with Gasteiger partial charge in [-0.25, -0.2) is 0 Å². The molecule has 30 heavy (non-hydrogen) atoms. The van der Waals surface area contributed by atoms with Crippen molar-refractivity contribution in [1.29, 1.82) is 0 Å². The van der Waals surface area contributed by atoms with Gasteiger partial charge in [-0.2, -0.15) is 0 Å². The highest BCUT2D eigenvalue weighted by Gasteiger charge is 2.29. The van der Waals surface area contributed by atoms with Crippen molar-refractivity contribution in [3.8, 4) is 0 Å². The van der Waals surface area contributed by atoms with Crippen LogP contribution in [-0.2, 0) is 22.6 Å². The highest BCUT2D eigenvalue weighted by atomic mass is 32.1. The minimum atomic E-state index is -0.107. The Kier molecular flexibility index (Phi) is 6.18. The average Bonchev–Trinajstić information content (AvgIpc) is 3.49. The summed E-state index contributed by atoms with van der Waals surface area (Å²) in [6.45, 7) is 3.74. The van der Waals surface area contributed by atoms with E-state index in [-0.39, 0.29) is 23.6 Å². The summed E-state index contributed by atoms with van der Waals surface area (Å²) < 4.78 is 0. The van der Waals surface area contributed by atoms with Gasteiger partial charge in [0.2, 0.25) is 11.8 Å². The summed E-state index contributed by atoms with van der Waals surface area (Å²) in [6.07, 6.45) is 3.78. The van der Waals surface area contributed by atoms with Crippen molar-refractivity contribution in [2.45, 2.75) is 45.6 Å². The number of carbonyl (C=O) groups is 3. The van der Waals surface area contributed by atoms with Gasteiger partial charge in [-0.3, -0.25) is 14.4 Å². The molecule has 1 fully saturated rings. The van der Waals surface area contributed by atoms with Gasteiger partial charge in [0.25, 0.3) is 5.91 Å². The second-order valence-electron chi connectivity index (χ2n) is 8.04. The van der Waals surface area contributed by atoms with Crippen molar-refractivity contribution in [1.82, 2.24) is 10.2 Å². The Balaban J connectivity index is 1.32. The fourth-order valence-electron chi connectivity index (χ4n) is 3.76. The predicted octanol–water partition coefficient (Wildman–Crippen LogP) is 3.50. The van der Waals surface area contributed by atoms with Crippen LogP contribution >= 0.6 is 11.3 Å². The third-order valence-electron chi connectivity index (χ3n) is 5.76. The third kappa shape index (κ3) is 4.73. The first kappa shape index (κ1) is 20.6. The lowest BCUT2D eigenvalue weighted by Gasteiger charge is -2.28. The number of fused-ring (bicyclic) bond motifs is 1. The second kappa shape index (κ2) is 9.00. The van der Waals surface area contributed by atoms with Crippen LogP contribution in [0, 0.1) is 12.8 Å². The molecule has 1 aliphatic heterocycles. The molecule has 158 valence electrons. The summed E-state index contributed by atoms with van der Waals surface area (Å²) in [5.41, 5.74) is 3.31. The molecular formula is C23H27N3O3S. The maximum atomic E-state index is 13.1. The Bertz CT molecular complexity index is 964. The largest absolute Gasteiger partial charge is 0.356 e. The summed E-state index contributed by atoms with van der Waals surface area (Å²) in [4.78, 5) is 40.3. The molecule has 2 aliphatic rings. The Hall–Kier alpha value is -2.67. The number of hydrogen-bond acceptors (Lipinski definition) is 4. The second-order valence-corrected chi connectivity index (χ2v) is 9.04. The number of benzene rings is 1. The molecule has 1 saturated carbocycles. The van der Waals surface area contributed by atoms with Gasteiger partial charge in [-0.1, -0.05) is 6.07 Å². The summed E-state index contributed by atoms with van der Waals surface area (Å²) in [6, 6.07) is 7.55. The molecule has 2 aromatic rings. The zero-order valence-corrected chi connectivity index (χ0v) is 18.0. The first-order chi connectivity index (χ1) is 14.5. The van der Waals surface area contributed by atoms with E-state index in [0.29, 0.717) is 37.2 Å². The van der Waals surface area contributed by atoms with E-state index >= 15 is 0 Å². The lowest BCUT2D eigenvalue weighted by Crippen LogP contribution is -2.35. The number of thiophene rings is 1. The molecule has 4 rings (SSSR count). The molecule has 0 bridgehead atoms. The quantitative estimate of drug-likeness (QED) is 0.667. The fourth-order valence-corrected chi connectivity index (χ4v) is 4.65. The Labute approximate surface area is 180 Å². The van der Waals surface area contributed by atoms with Crippen LogP contribution in [0.5, 0.6) is 0 Å². The molecule has 0 spiro atoms. The van der Waals surface area contributed by atoms with E-state index in [1.54, 1.807) is 11.3 Å². The molecule has 6 nitrogen and oxygen atoms in total. The predicted molar refractivity (Wildman–Crippen MR) is 118 cm³/mol. The van der Waals surface area contributed by atoms with Gasteiger partial charge in [-0.15, -0.1) is 11.3 Å². The van der Waals surface area contributed by atoms with E-state index in [9.17, 15) is 14.4 Å². The molecule has 1 aliphatic carbocycles. The number of carbonyl (C=O) groups excluding carboxylic acids is 3. The monoisotopic (exact) mass is 425 g/mol. The molecule has 0 saturated heterocycles. The maximum Gasteiger partial charge on any atom is 0.254 e. The zero-order chi connectivity index (χ0) is 21.1. The number of amides is 3. The molecule has 1 aromatic carbocycles. The molecular weight excluding hydrogens is 398 g/mol. The molecule has 0 atom stereocenters. The van der Waals surface area contributed by atoms with E-state index in [2.05, 4.69) is 22.1 Å². The van der Waals surface area contributed by atoms with Gasteiger partial charge in [0, 0.05) is 48.1 Å². The van der Waals surface area contributed by atoms with E-state index < -0.39 is 0 Å². The maximum absolute atomic E-state index is 13.1. The van der Waals surface area contributed by atoms with Crippen LogP contribution in [0.1, 0.15) is 52.0 Å². The smallest absolute Gasteiger partial charge is 0.254 e. The van der Waals surface area contributed by atoms with Crippen molar-refractivity contribution in [2.75, 3.05) is 18.4 Å². The van der Waals surface area contributed by atoms with E-state index in [4.69, 9.17) is 0 Å². The van der Waals surface area contributed by atoms with Crippen LogP contribution in [0.25, 0.3) is 0 Å². The number of hydrogen-bond donors (Lipinski definition) is 2. The van der Waals surface area contributed by atoms with Crippen LogP contribution in [0.2, 0.25) is 0 Å². The molecule has 0 unspecified atom stereocenters. The summed E-state index contributed by atoms with van der Waals surface area (Å²) in [5.74, 6) is 0.185. The molecule has 1 aromatic heterocycles. The van der Waals surface area contributed by atoms with Gasteiger partial charge in [0.15, 0.2) is 0 Å². The van der Waals surface area contributed by atoms with Crippen LogP contribution in [0.4, 0.5) is 5.69 Å². The SMILES string of the molecule is Cc1c(NC(=O)CCCNC(=O)C2CC2)cccc1C(=O)N1CCc2sccc2C1. The van der Waals surface area contributed by atoms with Gasteiger partial charge in [0.05, 0.1) is 0 Å². The Morgan fingerprint density at radius 3 is 2.83 bits per heavy atom. The normalized spacial score (nSPS) is 15.4. The topological polar surface area (TPSA) is 78.5 Å². The molecule has 3 amide bonds. The van der Waals surface area contributed by atoms with Crippen molar-refractivity contribution in [2.24, 2.45) is 5.92 Å². The van der Waals surface area contributed by atoms with E-state index in [0.717, 1.165) is 31.4 Å². The first-order valence-electron chi connectivity index (χ1n) is 10.5. The minimum Gasteiger partial charge on any atom is -0.356 e. The number of rotatable bonds is 7. The minimum absolute atomic E-state index is 0.00300. The standard InChI is InChI=1S/C23H27N3O3S/c1-15-18(23(29)26-12-9-20-17(14-26)10-13-30-20)4-2-5-19(15)25-21(27)6-3-11-24-22(28)16-7-8-16/h2,4-5,10,13,16H,3,6-9,11-12,14H2,1H3,(H,24,28)(H,25,27). The van der Waals surface area contributed by atoms with Gasteiger partial charge in [0.1, 0.15) is 0 Å². The van der Waals surface area contributed by atoms with Crippen molar-refractivity contribution in [3.63, 3.8) is 0 Å². The van der Waals surface area contributed by atoms with E-state index in [1.165, 1.54) is 10.4 Å². The Morgan fingerprint density at radius 1 is 1.20 bits per heavy atom. The van der Waals surface area contributed by atoms with E-state index in [1.807, 2.05) is 30.0 Å². The first-order valence-corrected chi connectivity index (χ1v) is 11.4. The average molecular weight is 426 g/mol. The molecule has 7 heteroatoms. The fraction of sp³-hybridized carbons (Fsp3) is 0.435. The highest BCUT2D eigenvalue weighted by molar-refractivity contribution is 7.10. The molecule has 0 radical (unpaired) electrons. The number of anilines is 1.